The summed E-state index contributed by atoms with van der Waals surface area (Å²) in [6, 6.07) is 5.07. The van der Waals surface area contributed by atoms with Gasteiger partial charge in [-0.2, -0.15) is 0 Å². The second kappa shape index (κ2) is 5.36. The van der Waals surface area contributed by atoms with E-state index in [0.717, 1.165) is 9.99 Å². The lowest BCUT2D eigenvalue weighted by atomic mass is 9.76. The minimum absolute atomic E-state index is 0.353. The number of amides is 1. The fourth-order valence-electron chi connectivity index (χ4n) is 2.01. The van der Waals surface area contributed by atoms with Gasteiger partial charge >= 0.3 is 5.97 Å². The van der Waals surface area contributed by atoms with E-state index in [2.05, 4.69) is 5.32 Å². The number of hydrogen-bond donors (Lipinski definition) is 2. The van der Waals surface area contributed by atoms with Gasteiger partial charge in [-0.25, -0.2) is 4.79 Å². The van der Waals surface area contributed by atoms with Gasteiger partial charge in [0.25, 0.3) is 5.91 Å². The highest BCUT2D eigenvalue weighted by Crippen LogP contribution is 2.32. The summed E-state index contributed by atoms with van der Waals surface area (Å²) in [6.07, 6.45) is 1.80. The maximum absolute atomic E-state index is 12.2. The topological polar surface area (TPSA) is 75.6 Å². The summed E-state index contributed by atoms with van der Waals surface area (Å²) in [6.45, 7) is 0. The molecular formula is C13H14INO4. The van der Waals surface area contributed by atoms with Gasteiger partial charge in [0, 0.05) is 3.57 Å². The van der Waals surface area contributed by atoms with Crippen LogP contribution in [0.25, 0.3) is 0 Å². The van der Waals surface area contributed by atoms with Gasteiger partial charge in [0.1, 0.15) is 11.3 Å². The largest absolute Gasteiger partial charge is 0.497 e. The Morgan fingerprint density at radius 2 is 2.11 bits per heavy atom. The van der Waals surface area contributed by atoms with Crippen LogP contribution in [-0.4, -0.2) is 29.6 Å². The van der Waals surface area contributed by atoms with Crippen LogP contribution in [-0.2, 0) is 4.79 Å². The van der Waals surface area contributed by atoms with Crippen LogP contribution < -0.4 is 10.1 Å². The summed E-state index contributed by atoms with van der Waals surface area (Å²) in [5.74, 6) is -0.651. The lowest BCUT2D eigenvalue weighted by molar-refractivity contribution is -0.148. The van der Waals surface area contributed by atoms with Crippen LogP contribution in [0, 0.1) is 3.57 Å². The summed E-state index contributed by atoms with van der Waals surface area (Å²) in [5.41, 5.74) is -0.617. The van der Waals surface area contributed by atoms with Gasteiger partial charge in [0.05, 0.1) is 12.7 Å². The van der Waals surface area contributed by atoms with Crippen molar-refractivity contribution in [3.63, 3.8) is 0 Å². The zero-order chi connectivity index (χ0) is 14.0. The highest BCUT2D eigenvalue weighted by molar-refractivity contribution is 14.1. The number of benzene rings is 1. The van der Waals surface area contributed by atoms with E-state index < -0.39 is 11.5 Å². The number of methoxy groups -OCH3 is 1. The molecule has 0 unspecified atom stereocenters. The van der Waals surface area contributed by atoms with Gasteiger partial charge < -0.3 is 15.2 Å². The van der Waals surface area contributed by atoms with Crippen LogP contribution in [0.2, 0.25) is 0 Å². The van der Waals surface area contributed by atoms with Crippen molar-refractivity contribution < 1.29 is 19.4 Å². The Morgan fingerprint density at radius 3 is 2.53 bits per heavy atom. The number of rotatable bonds is 4. The zero-order valence-corrected chi connectivity index (χ0v) is 12.6. The average molecular weight is 375 g/mol. The molecule has 1 aromatic carbocycles. The van der Waals surface area contributed by atoms with E-state index in [1.54, 1.807) is 25.3 Å². The van der Waals surface area contributed by atoms with Gasteiger partial charge in [-0.05, 0) is 60.1 Å². The molecule has 0 aliphatic heterocycles. The minimum Gasteiger partial charge on any atom is -0.497 e. The van der Waals surface area contributed by atoms with Gasteiger partial charge in [-0.15, -0.1) is 0 Å². The molecule has 102 valence electrons. The Hall–Kier alpha value is -1.31. The third kappa shape index (κ3) is 2.68. The molecule has 1 amide bonds. The zero-order valence-electron chi connectivity index (χ0n) is 10.4. The summed E-state index contributed by atoms with van der Waals surface area (Å²) < 4.78 is 5.80. The SMILES string of the molecule is COc1ccc(C(=O)NC2(C(=O)O)CCC2)c(I)c1. The third-order valence-corrected chi connectivity index (χ3v) is 4.28. The number of nitrogens with one attached hydrogen (secondary N) is 1. The molecule has 0 saturated heterocycles. The molecule has 1 fully saturated rings. The normalized spacial score (nSPS) is 16.3. The van der Waals surface area contributed by atoms with Gasteiger partial charge in [-0.3, -0.25) is 4.79 Å². The Labute approximate surface area is 124 Å². The highest BCUT2D eigenvalue weighted by atomic mass is 127. The van der Waals surface area contributed by atoms with Crippen molar-refractivity contribution in [2.75, 3.05) is 7.11 Å². The van der Waals surface area contributed by atoms with Crippen molar-refractivity contribution in [1.29, 1.82) is 0 Å². The predicted octanol–water partition coefficient (Wildman–Crippen LogP) is 2.04. The molecule has 0 radical (unpaired) electrons. The van der Waals surface area contributed by atoms with E-state index in [4.69, 9.17) is 4.74 Å². The monoisotopic (exact) mass is 375 g/mol. The lowest BCUT2D eigenvalue weighted by Crippen LogP contribution is -2.59. The molecule has 0 spiro atoms. The van der Waals surface area contributed by atoms with Gasteiger partial charge in [-0.1, -0.05) is 0 Å². The van der Waals surface area contributed by atoms with Crippen molar-refractivity contribution in [2.24, 2.45) is 0 Å². The molecule has 0 heterocycles. The molecule has 1 aliphatic rings. The first-order valence-electron chi connectivity index (χ1n) is 5.88. The summed E-state index contributed by atoms with van der Waals surface area (Å²) in [7, 11) is 1.55. The van der Waals surface area contributed by atoms with Crippen molar-refractivity contribution in [1.82, 2.24) is 5.32 Å². The first-order valence-corrected chi connectivity index (χ1v) is 6.96. The van der Waals surface area contributed by atoms with E-state index >= 15 is 0 Å². The van der Waals surface area contributed by atoms with Crippen LogP contribution >= 0.6 is 22.6 Å². The fraction of sp³-hybridized carbons (Fsp3) is 0.385. The number of carboxylic acids is 1. The number of carbonyl (C=O) groups excluding carboxylic acids is 1. The summed E-state index contributed by atoms with van der Waals surface area (Å²) in [5, 5.41) is 11.8. The average Bonchev–Trinajstić information content (AvgIpc) is 2.32. The standard InChI is InChI=1S/C13H14INO4/c1-19-8-3-4-9(10(14)7-8)11(16)15-13(12(17)18)5-2-6-13/h3-4,7H,2,5-6H2,1H3,(H,15,16)(H,17,18). The van der Waals surface area contributed by atoms with Crippen molar-refractivity contribution in [2.45, 2.75) is 24.8 Å². The summed E-state index contributed by atoms with van der Waals surface area (Å²) in [4.78, 5) is 23.4. The van der Waals surface area contributed by atoms with Crippen LogP contribution in [0.3, 0.4) is 0 Å². The van der Waals surface area contributed by atoms with Crippen LogP contribution in [0.1, 0.15) is 29.6 Å². The third-order valence-electron chi connectivity index (χ3n) is 3.39. The molecule has 19 heavy (non-hydrogen) atoms. The van der Waals surface area contributed by atoms with Crippen LogP contribution in [0.15, 0.2) is 18.2 Å². The molecular weight excluding hydrogens is 361 g/mol. The lowest BCUT2D eigenvalue weighted by Gasteiger charge is -2.38. The van der Waals surface area contributed by atoms with Crippen molar-refractivity contribution in [3.05, 3.63) is 27.3 Å². The maximum atomic E-state index is 12.2. The van der Waals surface area contributed by atoms with E-state index in [-0.39, 0.29) is 5.91 Å². The van der Waals surface area contributed by atoms with Crippen LogP contribution in [0.4, 0.5) is 0 Å². The molecule has 1 saturated carbocycles. The van der Waals surface area contributed by atoms with E-state index in [1.165, 1.54) is 0 Å². The molecule has 2 rings (SSSR count). The number of carbonyl (C=O) groups is 2. The molecule has 0 aromatic heterocycles. The highest BCUT2D eigenvalue weighted by Gasteiger charge is 2.45. The van der Waals surface area contributed by atoms with Crippen molar-refractivity contribution in [3.8, 4) is 5.75 Å². The first-order chi connectivity index (χ1) is 8.98. The quantitative estimate of drug-likeness (QED) is 0.790. The number of ether oxygens (including phenoxy) is 1. The van der Waals surface area contributed by atoms with E-state index in [0.29, 0.717) is 24.2 Å². The Balaban J connectivity index is 2.18. The van der Waals surface area contributed by atoms with Gasteiger partial charge in [0.15, 0.2) is 0 Å². The van der Waals surface area contributed by atoms with Crippen LogP contribution in [0.5, 0.6) is 5.75 Å². The Kier molecular flexibility index (Phi) is 3.98. The number of halogens is 1. The molecule has 0 bridgehead atoms. The van der Waals surface area contributed by atoms with Crippen molar-refractivity contribution >= 4 is 34.5 Å². The van der Waals surface area contributed by atoms with E-state index in [1.807, 2.05) is 22.6 Å². The van der Waals surface area contributed by atoms with Gasteiger partial charge in [0.2, 0.25) is 0 Å². The molecule has 1 aliphatic carbocycles. The fourth-order valence-corrected chi connectivity index (χ4v) is 2.75. The number of aliphatic carboxylic acids is 1. The maximum Gasteiger partial charge on any atom is 0.329 e. The molecule has 6 heteroatoms. The Morgan fingerprint density at radius 1 is 1.42 bits per heavy atom. The van der Waals surface area contributed by atoms with E-state index in [9.17, 15) is 14.7 Å². The minimum atomic E-state index is -1.08. The molecule has 2 N–H and O–H groups in total. The number of hydrogen-bond acceptors (Lipinski definition) is 3. The first kappa shape index (κ1) is 14.1. The molecule has 1 aromatic rings. The number of carboxylic acid groups (broad SMARTS) is 1. The molecule has 5 nitrogen and oxygen atoms in total. The molecule has 0 atom stereocenters. The smallest absolute Gasteiger partial charge is 0.329 e. The summed E-state index contributed by atoms with van der Waals surface area (Å²) >= 11 is 2.04. The second-order valence-electron chi connectivity index (χ2n) is 4.54. The predicted molar refractivity (Wildman–Crippen MR) is 77.4 cm³/mol. The Bertz CT molecular complexity index is 525. The second-order valence-corrected chi connectivity index (χ2v) is 5.70.